The van der Waals surface area contributed by atoms with Crippen LogP contribution in [0.5, 0.6) is 0 Å². The van der Waals surface area contributed by atoms with Gasteiger partial charge in [0.15, 0.2) is 0 Å². The summed E-state index contributed by atoms with van der Waals surface area (Å²) in [5, 5.41) is 0.629. The van der Waals surface area contributed by atoms with Crippen molar-refractivity contribution in [1.29, 1.82) is 0 Å². The van der Waals surface area contributed by atoms with Gasteiger partial charge in [-0.25, -0.2) is 0 Å². The summed E-state index contributed by atoms with van der Waals surface area (Å²) in [6, 6.07) is 5.50. The van der Waals surface area contributed by atoms with Crippen molar-refractivity contribution in [2.75, 3.05) is 18.8 Å². The van der Waals surface area contributed by atoms with Gasteiger partial charge >= 0.3 is 4.87 Å². The van der Waals surface area contributed by atoms with Gasteiger partial charge < -0.3 is 4.90 Å². The quantitative estimate of drug-likeness (QED) is 0.825. The second kappa shape index (κ2) is 7.33. The lowest BCUT2D eigenvalue weighted by Gasteiger charge is -2.17. The molecule has 0 bridgehead atoms. The molecule has 2 aromatic rings. The number of aryl methyl sites for hydroxylation is 1. The summed E-state index contributed by atoms with van der Waals surface area (Å²) < 4.78 is 2.54. The summed E-state index contributed by atoms with van der Waals surface area (Å²) in [5.41, 5.74) is 0.769. The fourth-order valence-electron chi connectivity index (χ4n) is 2.08. The standard InChI is InChI=1S/C14H17ClN2O2S2/c1-3-16(4-2)13(18)20-9-8-17-12-10(15)6-5-7-11(12)21-14(17)19/h5-7H,3-4,8-9H2,1-2H3. The molecule has 0 fully saturated rings. The molecule has 1 heterocycles. The molecule has 2 rings (SSSR count). The third-order valence-corrected chi connectivity index (χ3v) is 5.34. The van der Waals surface area contributed by atoms with E-state index in [1.807, 2.05) is 26.0 Å². The number of benzene rings is 1. The molecule has 0 spiro atoms. The first kappa shape index (κ1) is 16.4. The van der Waals surface area contributed by atoms with Gasteiger partial charge in [-0.3, -0.25) is 14.2 Å². The van der Waals surface area contributed by atoms with Crippen LogP contribution in [0.1, 0.15) is 13.8 Å². The Morgan fingerprint density at radius 3 is 2.76 bits per heavy atom. The minimum absolute atomic E-state index is 0.0333. The zero-order chi connectivity index (χ0) is 15.4. The summed E-state index contributed by atoms with van der Waals surface area (Å²) in [7, 11) is 0. The van der Waals surface area contributed by atoms with E-state index in [0.717, 1.165) is 10.2 Å². The molecule has 21 heavy (non-hydrogen) atoms. The maximum absolute atomic E-state index is 12.0. The molecule has 0 N–H and O–H groups in total. The number of carbonyl (C=O) groups is 1. The van der Waals surface area contributed by atoms with Crippen molar-refractivity contribution in [3.8, 4) is 0 Å². The molecule has 0 unspecified atom stereocenters. The zero-order valence-electron chi connectivity index (χ0n) is 12.0. The number of aromatic nitrogens is 1. The van der Waals surface area contributed by atoms with Gasteiger partial charge in [-0.1, -0.05) is 40.8 Å². The maximum Gasteiger partial charge on any atom is 0.308 e. The number of carbonyl (C=O) groups excluding carboxylic acids is 1. The normalized spacial score (nSPS) is 11.0. The van der Waals surface area contributed by atoms with Crippen LogP contribution < -0.4 is 4.87 Å². The van der Waals surface area contributed by atoms with Crippen molar-refractivity contribution < 1.29 is 4.79 Å². The van der Waals surface area contributed by atoms with Crippen LogP contribution in [0.15, 0.2) is 23.0 Å². The third-order valence-electron chi connectivity index (χ3n) is 3.20. The number of rotatable bonds is 5. The van der Waals surface area contributed by atoms with Crippen LogP contribution in [0.25, 0.3) is 10.2 Å². The summed E-state index contributed by atoms with van der Waals surface area (Å²) in [6.45, 7) is 5.81. The van der Waals surface area contributed by atoms with E-state index in [0.29, 0.717) is 30.4 Å². The SMILES string of the molecule is CCN(CC)C(=O)SCCn1c(=O)sc2cccc(Cl)c21. The predicted octanol–water partition coefficient (Wildman–Crippen LogP) is 3.91. The number of fused-ring (bicyclic) bond motifs is 1. The Kier molecular flexibility index (Phi) is 5.72. The highest BCUT2D eigenvalue weighted by Gasteiger charge is 2.13. The first-order chi connectivity index (χ1) is 10.1. The Balaban J connectivity index is 2.09. The average molecular weight is 345 g/mol. The predicted molar refractivity (Wildman–Crippen MR) is 91.9 cm³/mol. The highest BCUT2D eigenvalue weighted by Crippen LogP contribution is 2.25. The van der Waals surface area contributed by atoms with Crippen LogP contribution in [-0.4, -0.2) is 33.5 Å². The molecule has 7 heteroatoms. The van der Waals surface area contributed by atoms with E-state index in [1.165, 1.54) is 23.1 Å². The molecule has 1 aromatic carbocycles. The number of thioether (sulfide) groups is 1. The van der Waals surface area contributed by atoms with E-state index in [-0.39, 0.29) is 10.1 Å². The number of thiazole rings is 1. The first-order valence-electron chi connectivity index (χ1n) is 6.78. The average Bonchev–Trinajstić information content (AvgIpc) is 2.78. The fraction of sp³-hybridized carbons (Fsp3) is 0.429. The largest absolute Gasteiger partial charge is 0.334 e. The van der Waals surface area contributed by atoms with E-state index in [9.17, 15) is 9.59 Å². The lowest BCUT2D eigenvalue weighted by Crippen LogP contribution is -2.27. The van der Waals surface area contributed by atoms with E-state index in [1.54, 1.807) is 15.5 Å². The lowest BCUT2D eigenvalue weighted by molar-refractivity contribution is 0.228. The minimum atomic E-state index is -0.0333. The highest BCUT2D eigenvalue weighted by atomic mass is 35.5. The van der Waals surface area contributed by atoms with Gasteiger partial charge in [0.25, 0.3) is 5.24 Å². The van der Waals surface area contributed by atoms with Crippen LogP contribution >= 0.6 is 34.7 Å². The molecule has 0 aliphatic heterocycles. The van der Waals surface area contributed by atoms with Crippen molar-refractivity contribution in [1.82, 2.24) is 9.47 Å². The van der Waals surface area contributed by atoms with Gasteiger partial charge in [0.1, 0.15) is 0 Å². The summed E-state index contributed by atoms with van der Waals surface area (Å²) in [5.74, 6) is 0.562. The van der Waals surface area contributed by atoms with E-state index < -0.39 is 0 Å². The van der Waals surface area contributed by atoms with Gasteiger partial charge in [0.2, 0.25) is 0 Å². The second-order valence-corrected chi connectivity index (χ2v) is 6.84. The molecule has 0 aliphatic rings. The number of para-hydroxylation sites is 1. The Hall–Kier alpha value is -0.980. The van der Waals surface area contributed by atoms with Crippen molar-refractivity contribution >= 4 is 50.2 Å². The van der Waals surface area contributed by atoms with Crippen molar-refractivity contribution in [3.05, 3.63) is 32.9 Å². The molecule has 0 aliphatic carbocycles. The van der Waals surface area contributed by atoms with Crippen molar-refractivity contribution in [3.63, 3.8) is 0 Å². The topological polar surface area (TPSA) is 42.3 Å². The molecule has 4 nitrogen and oxygen atoms in total. The monoisotopic (exact) mass is 344 g/mol. The molecule has 0 atom stereocenters. The Bertz CT molecular complexity index is 692. The zero-order valence-corrected chi connectivity index (χ0v) is 14.4. The maximum atomic E-state index is 12.0. The van der Waals surface area contributed by atoms with Gasteiger partial charge in [-0.15, -0.1) is 0 Å². The van der Waals surface area contributed by atoms with E-state index in [4.69, 9.17) is 11.6 Å². The molecule has 1 amide bonds. The van der Waals surface area contributed by atoms with E-state index >= 15 is 0 Å². The molecular weight excluding hydrogens is 328 g/mol. The van der Waals surface area contributed by atoms with Crippen LogP contribution in [0, 0.1) is 0 Å². The van der Waals surface area contributed by atoms with Gasteiger partial charge in [-0.05, 0) is 26.0 Å². The molecule has 1 aromatic heterocycles. The summed E-state index contributed by atoms with van der Waals surface area (Å²) >= 11 is 8.61. The minimum Gasteiger partial charge on any atom is -0.334 e. The van der Waals surface area contributed by atoms with Crippen molar-refractivity contribution in [2.24, 2.45) is 0 Å². The Labute approximate surface area is 136 Å². The first-order valence-corrected chi connectivity index (χ1v) is 8.96. The third kappa shape index (κ3) is 3.62. The summed E-state index contributed by atoms with van der Waals surface area (Å²) in [4.78, 5) is 25.7. The Morgan fingerprint density at radius 1 is 1.38 bits per heavy atom. The highest BCUT2D eigenvalue weighted by molar-refractivity contribution is 8.13. The molecular formula is C14H17ClN2O2S2. The number of halogens is 1. The smallest absolute Gasteiger partial charge is 0.308 e. The molecule has 0 radical (unpaired) electrons. The Morgan fingerprint density at radius 2 is 2.10 bits per heavy atom. The lowest BCUT2D eigenvalue weighted by atomic mass is 10.3. The van der Waals surface area contributed by atoms with Crippen molar-refractivity contribution in [2.45, 2.75) is 20.4 Å². The number of hydrogen-bond acceptors (Lipinski definition) is 4. The number of amides is 1. The van der Waals surface area contributed by atoms with Crippen LogP contribution in [0.2, 0.25) is 5.02 Å². The van der Waals surface area contributed by atoms with Gasteiger partial charge in [0.05, 0.1) is 15.2 Å². The number of hydrogen-bond donors (Lipinski definition) is 0. The molecule has 114 valence electrons. The second-order valence-electron chi connectivity index (χ2n) is 4.39. The summed E-state index contributed by atoms with van der Waals surface area (Å²) in [6.07, 6.45) is 0. The van der Waals surface area contributed by atoms with Gasteiger partial charge in [0, 0.05) is 25.4 Å². The van der Waals surface area contributed by atoms with Crippen LogP contribution in [-0.2, 0) is 6.54 Å². The van der Waals surface area contributed by atoms with E-state index in [2.05, 4.69) is 0 Å². The number of nitrogens with zero attached hydrogens (tertiary/aromatic N) is 2. The fourth-order valence-corrected chi connectivity index (χ4v) is 4.25. The van der Waals surface area contributed by atoms with Gasteiger partial charge in [-0.2, -0.15) is 0 Å². The van der Waals surface area contributed by atoms with Crippen LogP contribution in [0.4, 0.5) is 4.79 Å². The molecule has 0 saturated carbocycles. The van der Waals surface area contributed by atoms with Crippen LogP contribution in [0.3, 0.4) is 0 Å². The molecule has 0 saturated heterocycles.